The predicted molar refractivity (Wildman–Crippen MR) is 79.7 cm³/mol. The van der Waals surface area contributed by atoms with Crippen molar-refractivity contribution >= 4 is 23.5 Å². The van der Waals surface area contributed by atoms with Crippen LogP contribution in [-0.4, -0.2) is 17.0 Å². The molecule has 21 heavy (non-hydrogen) atoms. The van der Waals surface area contributed by atoms with Crippen molar-refractivity contribution in [2.75, 3.05) is 0 Å². The van der Waals surface area contributed by atoms with Crippen LogP contribution in [0.4, 0.5) is 0 Å². The van der Waals surface area contributed by atoms with E-state index in [1.54, 1.807) is 18.2 Å². The monoisotopic (exact) mass is 310 g/mol. The fourth-order valence-electron chi connectivity index (χ4n) is 2.84. The first kappa shape index (κ1) is 15.8. The quantitative estimate of drug-likeness (QED) is 0.524. The fourth-order valence-corrected chi connectivity index (χ4v) is 3.27. The molecule has 0 amide bonds. The van der Waals surface area contributed by atoms with Gasteiger partial charge in [-0.1, -0.05) is 31.4 Å². The highest BCUT2D eigenvalue weighted by atomic mass is 35.5. The van der Waals surface area contributed by atoms with E-state index in [1.807, 2.05) is 0 Å². The van der Waals surface area contributed by atoms with E-state index in [4.69, 9.17) is 21.4 Å². The van der Waals surface area contributed by atoms with E-state index in [9.17, 15) is 9.59 Å². The van der Waals surface area contributed by atoms with Crippen molar-refractivity contribution < 1.29 is 19.4 Å². The minimum absolute atomic E-state index is 0.107. The molecule has 1 aliphatic carbocycles. The van der Waals surface area contributed by atoms with Gasteiger partial charge in [-0.3, -0.25) is 9.59 Å². The van der Waals surface area contributed by atoms with Crippen LogP contribution in [0.25, 0.3) is 0 Å². The van der Waals surface area contributed by atoms with Crippen LogP contribution in [-0.2, 0) is 20.9 Å². The Morgan fingerprint density at radius 3 is 2.52 bits per heavy atom. The van der Waals surface area contributed by atoms with E-state index < -0.39 is 16.8 Å². The smallest absolute Gasteiger partial charge is 0.308 e. The molecule has 1 N–H and O–H groups in total. The summed E-state index contributed by atoms with van der Waals surface area (Å²) < 4.78 is 5.27. The minimum Gasteiger partial charge on any atom is -0.481 e. The van der Waals surface area contributed by atoms with Crippen molar-refractivity contribution in [1.82, 2.24) is 0 Å². The van der Waals surface area contributed by atoms with E-state index >= 15 is 0 Å². The molecule has 1 aromatic carbocycles. The van der Waals surface area contributed by atoms with E-state index in [-0.39, 0.29) is 6.42 Å². The normalized spacial score (nSPS) is 17.2. The molecule has 0 heterocycles. The number of carbonyl (C=O) groups is 2. The molecule has 0 aliphatic heterocycles. The lowest BCUT2D eigenvalue weighted by molar-refractivity contribution is -0.136. The van der Waals surface area contributed by atoms with Gasteiger partial charge in [-0.25, -0.2) is 0 Å². The maximum absolute atomic E-state index is 11.3. The van der Waals surface area contributed by atoms with Gasteiger partial charge in [-0.15, -0.1) is 11.6 Å². The lowest BCUT2D eigenvalue weighted by Gasteiger charge is -2.32. The van der Waals surface area contributed by atoms with Gasteiger partial charge >= 0.3 is 11.9 Å². The third-order valence-electron chi connectivity index (χ3n) is 3.78. The number of aliphatic carboxylic acids is 1. The molecule has 114 valence electrons. The topological polar surface area (TPSA) is 63.6 Å². The van der Waals surface area contributed by atoms with Gasteiger partial charge in [0, 0.05) is 12.5 Å². The zero-order valence-electron chi connectivity index (χ0n) is 12.0. The number of carbonyl (C=O) groups excluding carboxylic acids is 1. The van der Waals surface area contributed by atoms with Crippen LogP contribution in [0.3, 0.4) is 0 Å². The Bertz CT molecular complexity index is 547. The first-order valence-electron chi connectivity index (χ1n) is 7.13. The molecule has 5 heteroatoms. The molecule has 1 saturated carbocycles. The zero-order chi connectivity index (χ0) is 15.5. The lowest BCUT2D eigenvalue weighted by atomic mass is 9.82. The van der Waals surface area contributed by atoms with Crippen molar-refractivity contribution in [3.05, 3.63) is 29.3 Å². The Kier molecular flexibility index (Phi) is 4.88. The summed E-state index contributed by atoms with van der Waals surface area (Å²) in [5.41, 5.74) is 1.38. The van der Waals surface area contributed by atoms with Crippen molar-refractivity contribution in [2.24, 2.45) is 0 Å². The lowest BCUT2D eigenvalue weighted by Crippen LogP contribution is -2.23. The van der Waals surface area contributed by atoms with E-state index in [2.05, 4.69) is 0 Å². The molecular formula is C16H19ClO4. The molecule has 1 fully saturated rings. The molecule has 0 spiro atoms. The Labute approximate surface area is 129 Å². The van der Waals surface area contributed by atoms with Gasteiger partial charge in [0.25, 0.3) is 0 Å². The number of alkyl halides is 1. The second kappa shape index (κ2) is 6.48. The highest BCUT2D eigenvalue weighted by Gasteiger charge is 2.34. The van der Waals surface area contributed by atoms with Crippen LogP contribution in [0.1, 0.15) is 50.2 Å². The Balaban J connectivity index is 2.38. The van der Waals surface area contributed by atoms with Crippen LogP contribution < -0.4 is 4.74 Å². The molecule has 0 bridgehead atoms. The van der Waals surface area contributed by atoms with Crippen LogP contribution >= 0.6 is 11.6 Å². The summed E-state index contributed by atoms with van der Waals surface area (Å²) >= 11 is 6.74. The molecule has 1 aliphatic rings. The third-order valence-corrected chi connectivity index (χ3v) is 4.37. The molecule has 0 unspecified atom stereocenters. The summed E-state index contributed by atoms with van der Waals surface area (Å²) in [6.07, 6.45) is 4.81. The molecular weight excluding hydrogens is 292 g/mol. The molecule has 0 radical (unpaired) electrons. The number of carboxylic acid groups (broad SMARTS) is 1. The van der Waals surface area contributed by atoms with Gasteiger partial charge in [-0.05, 0) is 24.5 Å². The molecule has 4 nitrogen and oxygen atoms in total. The van der Waals surface area contributed by atoms with Crippen LogP contribution in [0.2, 0.25) is 0 Å². The van der Waals surface area contributed by atoms with E-state index in [1.165, 1.54) is 6.92 Å². The number of ether oxygens (including phenoxy) is 1. The molecule has 1 aromatic rings. The summed E-state index contributed by atoms with van der Waals surface area (Å²) in [6.45, 7) is 1.33. The maximum atomic E-state index is 11.3. The van der Waals surface area contributed by atoms with Crippen molar-refractivity contribution in [3.63, 3.8) is 0 Å². The van der Waals surface area contributed by atoms with E-state index in [0.717, 1.165) is 37.7 Å². The minimum atomic E-state index is -0.922. The van der Waals surface area contributed by atoms with Crippen molar-refractivity contribution in [1.29, 1.82) is 0 Å². The highest BCUT2D eigenvalue weighted by molar-refractivity contribution is 6.24. The van der Waals surface area contributed by atoms with E-state index in [0.29, 0.717) is 11.3 Å². The summed E-state index contributed by atoms with van der Waals surface area (Å²) in [5, 5.41) is 8.87. The average Bonchev–Trinajstić information content (AvgIpc) is 2.38. The number of hydrogen-bond donors (Lipinski definition) is 1. The Hall–Kier alpha value is -1.55. The number of halogens is 1. The van der Waals surface area contributed by atoms with Crippen LogP contribution in [0, 0.1) is 0 Å². The number of esters is 1. The summed E-state index contributed by atoms with van der Waals surface area (Å²) in [5.74, 6) is -0.965. The average molecular weight is 311 g/mol. The second-order valence-electron chi connectivity index (χ2n) is 5.52. The van der Waals surface area contributed by atoms with Crippen molar-refractivity contribution in [2.45, 2.75) is 50.3 Å². The summed E-state index contributed by atoms with van der Waals surface area (Å²) in [4.78, 5) is 21.6. The first-order chi connectivity index (χ1) is 9.90. The van der Waals surface area contributed by atoms with Crippen LogP contribution in [0.15, 0.2) is 18.2 Å². The van der Waals surface area contributed by atoms with Gasteiger partial charge in [-0.2, -0.15) is 0 Å². The highest BCUT2D eigenvalue weighted by Crippen LogP contribution is 2.46. The molecule has 2 rings (SSSR count). The Morgan fingerprint density at radius 1 is 1.29 bits per heavy atom. The number of carboxylic acids is 1. The molecule has 0 aromatic heterocycles. The number of rotatable bonds is 4. The standard InChI is InChI=1S/C16H19ClO4/c1-11(18)21-14-9-12(10-15(19)20)5-6-13(14)16(17)7-3-2-4-8-16/h5-6,9H,2-4,7-8,10H2,1H3,(H,19,20). The van der Waals surface area contributed by atoms with Gasteiger partial charge in [0.1, 0.15) is 5.75 Å². The summed E-state index contributed by atoms with van der Waals surface area (Å²) in [6, 6.07) is 5.16. The van der Waals surface area contributed by atoms with Gasteiger partial charge in [0.15, 0.2) is 0 Å². The number of hydrogen-bond acceptors (Lipinski definition) is 3. The zero-order valence-corrected chi connectivity index (χ0v) is 12.8. The van der Waals surface area contributed by atoms with Gasteiger partial charge in [0.05, 0.1) is 11.3 Å². The van der Waals surface area contributed by atoms with Gasteiger partial charge < -0.3 is 9.84 Å². The van der Waals surface area contributed by atoms with Crippen molar-refractivity contribution in [3.8, 4) is 5.75 Å². The van der Waals surface area contributed by atoms with Crippen LogP contribution in [0.5, 0.6) is 5.75 Å². The largest absolute Gasteiger partial charge is 0.481 e. The fraction of sp³-hybridized carbons (Fsp3) is 0.500. The SMILES string of the molecule is CC(=O)Oc1cc(CC(=O)O)ccc1C1(Cl)CCCCC1. The Morgan fingerprint density at radius 2 is 1.95 bits per heavy atom. The third kappa shape index (κ3) is 3.97. The molecule has 0 atom stereocenters. The molecule has 0 saturated heterocycles. The summed E-state index contributed by atoms with van der Waals surface area (Å²) in [7, 11) is 0. The maximum Gasteiger partial charge on any atom is 0.308 e. The second-order valence-corrected chi connectivity index (χ2v) is 6.24. The first-order valence-corrected chi connectivity index (χ1v) is 7.51. The predicted octanol–water partition coefficient (Wildman–Crippen LogP) is 3.64. The van der Waals surface area contributed by atoms with Gasteiger partial charge in [0.2, 0.25) is 0 Å². The number of benzene rings is 1.